The molecule has 0 aromatic heterocycles. The van der Waals surface area contributed by atoms with Crippen molar-refractivity contribution in [1.82, 2.24) is 0 Å². The van der Waals surface area contributed by atoms with Crippen LogP contribution in [0, 0.1) is 25.2 Å². The second-order valence-electron chi connectivity index (χ2n) is 7.59. The van der Waals surface area contributed by atoms with Crippen molar-refractivity contribution in [3.05, 3.63) is 92.5 Å². The third kappa shape index (κ3) is 6.54. The maximum atomic E-state index is 12.6. The molecule has 3 aromatic rings. The van der Waals surface area contributed by atoms with E-state index in [1.165, 1.54) is 0 Å². The molecule has 0 aliphatic heterocycles. The molecule has 0 atom stereocenters. The molecule has 1 N–H and O–H groups in total. The molecule has 5 nitrogen and oxygen atoms in total. The Morgan fingerprint density at radius 1 is 1.03 bits per heavy atom. The SMILES string of the molecule is CCOc1ccc(NC(=O)/C(C#N)=C/c2cc(C)c(OCc3ccc(Cl)cc3Cl)c(C)c2)cc1. The Hall–Kier alpha value is -3.46. The molecule has 0 bridgehead atoms. The largest absolute Gasteiger partial charge is 0.494 e. The highest BCUT2D eigenvalue weighted by Gasteiger charge is 2.12. The number of aryl methyl sites for hydroxylation is 2. The smallest absolute Gasteiger partial charge is 0.266 e. The quantitative estimate of drug-likeness (QED) is 0.267. The van der Waals surface area contributed by atoms with Gasteiger partial charge in [0.25, 0.3) is 5.91 Å². The number of anilines is 1. The summed E-state index contributed by atoms with van der Waals surface area (Å²) in [5.74, 6) is 0.948. The molecule has 3 aromatic carbocycles. The molecule has 0 radical (unpaired) electrons. The predicted octanol–water partition coefficient (Wildman–Crippen LogP) is 7.13. The molecule has 0 saturated carbocycles. The Morgan fingerprint density at radius 3 is 2.29 bits per heavy atom. The molecule has 0 unspecified atom stereocenters. The number of nitriles is 1. The van der Waals surface area contributed by atoms with Crippen molar-refractivity contribution in [3.63, 3.8) is 0 Å². The predicted molar refractivity (Wildman–Crippen MR) is 137 cm³/mol. The van der Waals surface area contributed by atoms with Gasteiger partial charge in [0.15, 0.2) is 0 Å². The number of halogens is 2. The second kappa shape index (κ2) is 11.6. The number of carbonyl (C=O) groups is 1. The molecule has 34 heavy (non-hydrogen) atoms. The van der Waals surface area contributed by atoms with E-state index in [0.717, 1.165) is 28.0 Å². The van der Waals surface area contributed by atoms with Crippen LogP contribution >= 0.6 is 23.2 Å². The number of hydrogen-bond acceptors (Lipinski definition) is 4. The first-order valence-electron chi connectivity index (χ1n) is 10.6. The lowest BCUT2D eigenvalue weighted by molar-refractivity contribution is -0.112. The van der Waals surface area contributed by atoms with E-state index >= 15 is 0 Å². The average molecular weight is 495 g/mol. The first kappa shape index (κ1) is 25.2. The van der Waals surface area contributed by atoms with Gasteiger partial charge in [-0.3, -0.25) is 4.79 Å². The van der Waals surface area contributed by atoms with Crippen molar-refractivity contribution >= 4 is 40.9 Å². The molecule has 0 saturated heterocycles. The molecule has 1 amide bonds. The number of ether oxygens (including phenoxy) is 2. The van der Waals surface area contributed by atoms with Gasteiger partial charge in [-0.2, -0.15) is 5.26 Å². The summed E-state index contributed by atoms with van der Waals surface area (Å²) in [5.41, 5.74) is 3.87. The number of nitrogens with zero attached hydrogens (tertiary/aromatic N) is 1. The molecule has 0 aliphatic carbocycles. The molecular formula is C27H24Cl2N2O3. The minimum Gasteiger partial charge on any atom is -0.494 e. The fraction of sp³-hybridized carbons (Fsp3) is 0.185. The summed E-state index contributed by atoms with van der Waals surface area (Å²) in [7, 11) is 0. The van der Waals surface area contributed by atoms with E-state index in [2.05, 4.69) is 5.32 Å². The standard InChI is InChI=1S/C27H24Cl2N2O3/c1-4-33-24-9-7-23(8-10-24)31-27(32)21(15-30)13-19-11-17(2)26(18(3)12-19)34-16-20-5-6-22(28)14-25(20)29/h5-14H,4,16H2,1-3H3,(H,31,32)/b21-13+. The monoisotopic (exact) mass is 494 g/mol. The zero-order valence-electron chi connectivity index (χ0n) is 19.1. The summed E-state index contributed by atoms with van der Waals surface area (Å²) in [4.78, 5) is 12.6. The highest BCUT2D eigenvalue weighted by molar-refractivity contribution is 6.35. The van der Waals surface area contributed by atoms with Gasteiger partial charge >= 0.3 is 0 Å². The Labute approximate surface area is 209 Å². The van der Waals surface area contributed by atoms with E-state index < -0.39 is 5.91 Å². The number of rotatable bonds is 8. The van der Waals surface area contributed by atoms with Crippen molar-refractivity contribution in [2.45, 2.75) is 27.4 Å². The summed E-state index contributed by atoms with van der Waals surface area (Å²) in [6.45, 7) is 6.58. The molecular weight excluding hydrogens is 471 g/mol. The number of carbonyl (C=O) groups excluding carboxylic acids is 1. The van der Waals surface area contributed by atoms with Gasteiger partial charge < -0.3 is 14.8 Å². The Morgan fingerprint density at radius 2 is 1.71 bits per heavy atom. The van der Waals surface area contributed by atoms with E-state index in [-0.39, 0.29) is 5.57 Å². The molecule has 0 fully saturated rings. The van der Waals surface area contributed by atoms with Crippen molar-refractivity contribution in [1.29, 1.82) is 5.26 Å². The summed E-state index contributed by atoms with van der Waals surface area (Å²) < 4.78 is 11.4. The molecule has 0 heterocycles. The van der Waals surface area contributed by atoms with Gasteiger partial charge in [0.1, 0.15) is 29.7 Å². The van der Waals surface area contributed by atoms with Gasteiger partial charge in [0.05, 0.1) is 6.61 Å². The van der Waals surface area contributed by atoms with Crippen molar-refractivity contribution in [2.24, 2.45) is 0 Å². The molecule has 3 rings (SSSR count). The van der Waals surface area contributed by atoms with Crippen molar-refractivity contribution in [3.8, 4) is 17.6 Å². The molecule has 174 valence electrons. The zero-order chi connectivity index (χ0) is 24.7. The van der Waals surface area contributed by atoms with Gasteiger partial charge in [-0.15, -0.1) is 0 Å². The van der Waals surface area contributed by atoms with Crippen LogP contribution in [-0.4, -0.2) is 12.5 Å². The lowest BCUT2D eigenvalue weighted by Crippen LogP contribution is -2.13. The normalized spacial score (nSPS) is 11.0. The van der Waals surface area contributed by atoms with Gasteiger partial charge in [-0.25, -0.2) is 0 Å². The fourth-order valence-corrected chi connectivity index (χ4v) is 3.86. The highest BCUT2D eigenvalue weighted by Crippen LogP contribution is 2.29. The average Bonchev–Trinajstić information content (AvgIpc) is 2.79. The van der Waals surface area contributed by atoms with E-state index in [4.69, 9.17) is 32.7 Å². The topological polar surface area (TPSA) is 71.3 Å². The lowest BCUT2D eigenvalue weighted by Gasteiger charge is -2.14. The van der Waals surface area contributed by atoms with Crippen LogP contribution < -0.4 is 14.8 Å². The zero-order valence-corrected chi connectivity index (χ0v) is 20.6. The Balaban J connectivity index is 1.74. The number of nitrogens with one attached hydrogen (secondary N) is 1. The summed E-state index contributed by atoms with van der Waals surface area (Å²) in [6.07, 6.45) is 1.56. The summed E-state index contributed by atoms with van der Waals surface area (Å²) >= 11 is 12.2. The van der Waals surface area contributed by atoms with Crippen LogP contribution in [0.25, 0.3) is 6.08 Å². The van der Waals surface area contributed by atoms with Gasteiger partial charge in [-0.1, -0.05) is 29.3 Å². The number of hydrogen-bond donors (Lipinski definition) is 1. The number of amides is 1. The maximum absolute atomic E-state index is 12.6. The third-order valence-corrected chi connectivity index (χ3v) is 5.56. The third-order valence-electron chi connectivity index (χ3n) is 4.97. The van der Waals surface area contributed by atoms with Crippen LogP contribution in [-0.2, 0) is 11.4 Å². The number of benzene rings is 3. The molecule has 0 aliphatic rings. The lowest BCUT2D eigenvalue weighted by atomic mass is 10.0. The van der Waals surface area contributed by atoms with Crippen LogP contribution in [0.4, 0.5) is 5.69 Å². The van der Waals surface area contributed by atoms with Gasteiger partial charge in [-0.05, 0) is 92.1 Å². The first-order valence-corrected chi connectivity index (χ1v) is 11.4. The van der Waals surface area contributed by atoms with Gasteiger partial charge in [0, 0.05) is 21.3 Å². The van der Waals surface area contributed by atoms with Crippen molar-refractivity contribution in [2.75, 3.05) is 11.9 Å². The van der Waals surface area contributed by atoms with Crippen LogP contribution in [0.2, 0.25) is 10.0 Å². The first-order chi connectivity index (χ1) is 16.3. The second-order valence-corrected chi connectivity index (χ2v) is 8.43. The van der Waals surface area contributed by atoms with E-state index in [1.807, 2.05) is 45.0 Å². The van der Waals surface area contributed by atoms with E-state index in [9.17, 15) is 10.1 Å². The van der Waals surface area contributed by atoms with E-state index in [0.29, 0.717) is 34.7 Å². The van der Waals surface area contributed by atoms with Crippen LogP contribution in [0.15, 0.2) is 60.2 Å². The highest BCUT2D eigenvalue weighted by atomic mass is 35.5. The van der Waals surface area contributed by atoms with Crippen LogP contribution in [0.1, 0.15) is 29.2 Å². The Bertz CT molecular complexity index is 1240. The van der Waals surface area contributed by atoms with Gasteiger partial charge in [0.2, 0.25) is 0 Å². The summed E-state index contributed by atoms with van der Waals surface area (Å²) in [5, 5.41) is 13.4. The van der Waals surface area contributed by atoms with Crippen LogP contribution in [0.5, 0.6) is 11.5 Å². The Kier molecular flexibility index (Phi) is 8.59. The van der Waals surface area contributed by atoms with Crippen LogP contribution in [0.3, 0.4) is 0 Å². The minimum atomic E-state index is -0.486. The molecule has 7 heteroatoms. The fourth-order valence-electron chi connectivity index (χ4n) is 3.40. The summed E-state index contributed by atoms with van der Waals surface area (Å²) in [6, 6.07) is 18.0. The van der Waals surface area contributed by atoms with Crippen molar-refractivity contribution < 1.29 is 14.3 Å². The maximum Gasteiger partial charge on any atom is 0.266 e. The minimum absolute atomic E-state index is 0.00528. The molecule has 0 spiro atoms. The van der Waals surface area contributed by atoms with E-state index in [1.54, 1.807) is 42.5 Å².